The number of pyridine rings is 1. The molecule has 0 radical (unpaired) electrons. The number of hydrogen-bond donors (Lipinski definition) is 2. The van der Waals surface area contributed by atoms with E-state index in [9.17, 15) is 14.4 Å². The average molecular weight is 276 g/mol. The molecule has 104 valence electrons. The van der Waals surface area contributed by atoms with Crippen LogP contribution in [0.3, 0.4) is 0 Å². The standard InChI is InChI=1S/C12H12N4O4/c1-20-11(18)7-16-6-9(5-14-16)15-12(19)8-2-3-13-10(17)4-8/h2-6H,7H2,1H3,(H,13,17)(H,15,19). The molecule has 0 atom stereocenters. The van der Waals surface area contributed by atoms with Crippen LogP contribution in [0.4, 0.5) is 5.69 Å². The van der Waals surface area contributed by atoms with Gasteiger partial charge in [-0.1, -0.05) is 0 Å². The third-order valence-corrected chi connectivity index (χ3v) is 2.45. The maximum Gasteiger partial charge on any atom is 0.327 e. The molecule has 8 nitrogen and oxygen atoms in total. The first kappa shape index (κ1) is 13.5. The van der Waals surface area contributed by atoms with Crippen LogP contribution in [-0.2, 0) is 16.1 Å². The number of ether oxygens (including phenoxy) is 1. The molecule has 0 aromatic carbocycles. The zero-order chi connectivity index (χ0) is 14.5. The van der Waals surface area contributed by atoms with Gasteiger partial charge in [-0.25, -0.2) is 0 Å². The van der Waals surface area contributed by atoms with Gasteiger partial charge in [-0.15, -0.1) is 0 Å². The quantitative estimate of drug-likeness (QED) is 0.764. The van der Waals surface area contributed by atoms with Crippen molar-refractivity contribution in [2.75, 3.05) is 12.4 Å². The monoisotopic (exact) mass is 276 g/mol. The summed E-state index contributed by atoms with van der Waals surface area (Å²) in [6, 6.07) is 2.67. The Labute approximate surface area is 113 Å². The summed E-state index contributed by atoms with van der Waals surface area (Å²) in [7, 11) is 1.28. The van der Waals surface area contributed by atoms with E-state index in [1.807, 2.05) is 0 Å². The Kier molecular flexibility index (Phi) is 3.94. The highest BCUT2D eigenvalue weighted by molar-refractivity contribution is 6.03. The number of H-pyrrole nitrogens is 1. The summed E-state index contributed by atoms with van der Waals surface area (Å²) in [4.78, 5) is 36.4. The smallest absolute Gasteiger partial charge is 0.327 e. The van der Waals surface area contributed by atoms with Crippen molar-refractivity contribution in [3.8, 4) is 0 Å². The number of aromatic amines is 1. The molecule has 0 saturated carbocycles. The number of nitrogens with one attached hydrogen (secondary N) is 2. The molecule has 0 spiro atoms. The minimum atomic E-state index is -0.444. The van der Waals surface area contributed by atoms with E-state index in [2.05, 4.69) is 20.1 Å². The molecule has 20 heavy (non-hydrogen) atoms. The SMILES string of the molecule is COC(=O)Cn1cc(NC(=O)c2cc[nH]c(=O)c2)cn1. The van der Waals surface area contributed by atoms with E-state index in [0.29, 0.717) is 5.69 Å². The van der Waals surface area contributed by atoms with E-state index < -0.39 is 11.9 Å². The van der Waals surface area contributed by atoms with Gasteiger partial charge in [-0.05, 0) is 6.07 Å². The zero-order valence-electron chi connectivity index (χ0n) is 10.6. The highest BCUT2D eigenvalue weighted by Gasteiger charge is 2.09. The van der Waals surface area contributed by atoms with Gasteiger partial charge in [0, 0.05) is 24.0 Å². The van der Waals surface area contributed by atoms with Crippen LogP contribution in [0.15, 0.2) is 35.5 Å². The topological polar surface area (TPSA) is 106 Å². The summed E-state index contributed by atoms with van der Waals surface area (Å²) < 4.78 is 5.83. The van der Waals surface area contributed by atoms with E-state index in [0.717, 1.165) is 0 Å². The lowest BCUT2D eigenvalue weighted by Crippen LogP contribution is -2.15. The molecule has 0 aliphatic rings. The minimum absolute atomic E-state index is 0.0443. The van der Waals surface area contributed by atoms with E-state index >= 15 is 0 Å². The number of aromatic nitrogens is 3. The Morgan fingerprint density at radius 3 is 3.00 bits per heavy atom. The summed E-state index contributed by atoms with van der Waals surface area (Å²) in [5.41, 5.74) is 0.285. The molecule has 2 aromatic rings. The van der Waals surface area contributed by atoms with Gasteiger partial charge in [0.15, 0.2) is 0 Å². The lowest BCUT2D eigenvalue weighted by Gasteiger charge is -2.01. The van der Waals surface area contributed by atoms with Crippen LogP contribution in [-0.4, -0.2) is 33.8 Å². The summed E-state index contributed by atoms with van der Waals surface area (Å²) >= 11 is 0. The third kappa shape index (κ3) is 3.31. The molecule has 2 aromatic heterocycles. The highest BCUT2D eigenvalue weighted by Crippen LogP contribution is 2.07. The Balaban J connectivity index is 2.05. The molecule has 0 aliphatic carbocycles. The van der Waals surface area contributed by atoms with Crippen molar-refractivity contribution in [1.82, 2.24) is 14.8 Å². The fourth-order valence-electron chi connectivity index (χ4n) is 1.50. The van der Waals surface area contributed by atoms with Crippen LogP contribution < -0.4 is 10.9 Å². The number of rotatable bonds is 4. The molecule has 2 rings (SSSR count). The second-order valence-corrected chi connectivity index (χ2v) is 3.90. The van der Waals surface area contributed by atoms with Gasteiger partial charge in [0.25, 0.3) is 5.91 Å². The van der Waals surface area contributed by atoms with Crippen molar-refractivity contribution in [1.29, 1.82) is 0 Å². The molecule has 1 amide bonds. The molecule has 0 unspecified atom stereocenters. The van der Waals surface area contributed by atoms with Crippen LogP contribution in [0, 0.1) is 0 Å². The van der Waals surface area contributed by atoms with Crippen LogP contribution >= 0.6 is 0 Å². The van der Waals surface area contributed by atoms with Crippen LogP contribution in [0.25, 0.3) is 0 Å². The van der Waals surface area contributed by atoms with E-state index in [4.69, 9.17) is 0 Å². The molecule has 2 N–H and O–H groups in total. The van der Waals surface area contributed by atoms with Crippen molar-refractivity contribution >= 4 is 17.6 Å². The number of carbonyl (C=O) groups excluding carboxylic acids is 2. The maximum absolute atomic E-state index is 11.9. The normalized spacial score (nSPS) is 10.1. The lowest BCUT2D eigenvalue weighted by atomic mass is 10.2. The lowest BCUT2D eigenvalue weighted by molar-refractivity contribution is -0.141. The average Bonchev–Trinajstić information content (AvgIpc) is 2.85. The predicted molar refractivity (Wildman–Crippen MR) is 69.3 cm³/mol. The Hall–Kier alpha value is -2.90. The summed E-state index contributed by atoms with van der Waals surface area (Å²) in [5, 5.41) is 6.47. The van der Waals surface area contributed by atoms with Crippen LogP contribution in [0.1, 0.15) is 10.4 Å². The Morgan fingerprint density at radius 1 is 1.50 bits per heavy atom. The predicted octanol–water partition coefficient (Wildman–Crippen LogP) is -0.00330. The summed E-state index contributed by atoms with van der Waals surface area (Å²) in [5.74, 6) is -0.880. The van der Waals surface area contributed by atoms with Gasteiger partial charge < -0.3 is 15.0 Å². The van der Waals surface area contributed by atoms with Crippen molar-refractivity contribution in [2.45, 2.75) is 6.54 Å². The van der Waals surface area contributed by atoms with Gasteiger partial charge >= 0.3 is 5.97 Å². The summed E-state index contributed by atoms with van der Waals surface area (Å²) in [6.45, 7) is -0.0443. The minimum Gasteiger partial charge on any atom is -0.468 e. The van der Waals surface area contributed by atoms with Crippen molar-refractivity contribution < 1.29 is 14.3 Å². The molecule has 8 heteroatoms. The number of esters is 1. The number of methoxy groups -OCH3 is 1. The van der Waals surface area contributed by atoms with Crippen molar-refractivity contribution in [3.05, 3.63) is 46.6 Å². The number of anilines is 1. The highest BCUT2D eigenvalue weighted by atomic mass is 16.5. The molecule has 0 saturated heterocycles. The molecule has 2 heterocycles. The number of nitrogens with zero attached hydrogens (tertiary/aromatic N) is 2. The van der Waals surface area contributed by atoms with Gasteiger partial charge in [0.05, 0.1) is 19.0 Å². The summed E-state index contributed by atoms with van der Waals surface area (Å²) in [6.07, 6.45) is 4.27. The number of carbonyl (C=O) groups is 2. The van der Waals surface area contributed by atoms with E-state index in [1.165, 1.54) is 42.5 Å². The van der Waals surface area contributed by atoms with Crippen LogP contribution in [0.5, 0.6) is 0 Å². The van der Waals surface area contributed by atoms with Crippen molar-refractivity contribution in [3.63, 3.8) is 0 Å². The van der Waals surface area contributed by atoms with E-state index in [1.54, 1.807) is 0 Å². The number of amides is 1. The fourth-order valence-corrected chi connectivity index (χ4v) is 1.50. The molecule has 0 fully saturated rings. The fraction of sp³-hybridized carbons (Fsp3) is 0.167. The zero-order valence-corrected chi connectivity index (χ0v) is 10.6. The first-order valence-electron chi connectivity index (χ1n) is 5.68. The Morgan fingerprint density at radius 2 is 2.30 bits per heavy atom. The first-order valence-corrected chi connectivity index (χ1v) is 5.68. The van der Waals surface area contributed by atoms with Gasteiger partial charge in [-0.2, -0.15) is 5.10 Å². The van der Waals surface area contributed by atoms with Gasteiger partial charge in [-0.3, -0.25) is 19.1 Å². The molecular formula is C12H12N4O4. The van der Waals surface area contributed by atoms with Crippen LogP contribution in [0.2, 0.25) is 0 Å². The molecule has 0 bridgehead atoms. The largest absolute Gasteiger partial charge is 0.468 e. The second kappa shape index (κ2) is 5.83. The van der Waals surface area contributed by atoms with E-state index in [-0.39, 0.29) is 17.7 Å². The van der Waals surface area contributed by atoms with Gasteiger partial charge in [0.2, 0.25) is 5.56 Å². The number of hydrogen-bond acceptors (Lipinski definition) is 5. The van der Waals surface area contributed by atoms with Crippen molar-refractivity contribution in [2.24, 2.45) is 0 Å². The second-order valence-electron chi connectivity index (χ2n) is 3.90. The molecule has 0 aliphatic heterocycles. The maximum atomic E-state index is 11.9. The molecular weight excluding hydrogens is 264 g/mol. The third-order valence-electron chi connectivity index (χ3n) is 2.45. The Bertz CT molecular complexity index is 689. The first-order chi connectivity index (χ1) is 9.58. The van der Waals surface area contributed by atoms with Gasteiger partial charge in [0.1, 0.15) is 6.54 Å².